The third kappa shape index (κ3) is 7.24. The maximum atomic E-state index is 12.9. The average Bonchev–Trinajstić information content (AvgIpc) is 3.30. The van der Waals surface area contributed by atoms with Crippen molar-refractivity contribution in [3.8, 4) is 17.5 Å². The number of hydrogen-bond acceptors (Lipinski definition) is 9. The Morgan fingerprint density at radius 3 is 2.46 bits per heavy atom. The highest BCUT2D eigenvalue weighted by atomic mass is 32.1. The minimum atomic E-state index is -1.01. The van der Waals surface area contributed by atoms with Crippen molar-refractivity contribution in [1.29, 1.82) is 0 Å². The topological polar surface area (TPSA) is 140 Å². The van der Waals surface area contributed by atoms with Gasteiger partial charge in [-0.25, -0.2) is 4.98 Å². The van der Waals surface area contributed by atoms with Gasteiger partial charge in [0, 0.05) is 36.2 Å². The summed E-state index contributed by atoms with van der Waals surface area (Å²) in [4.78, 5) is 46.6. The van der Waals surface area contributed by atoms with Crippen LogP contribution in [-0.2, 0) is 16.0 Å². The van der Waals surface area contributed by atoms with E-state index in [-0.39, 0.29) is 40.9 Å². The van der Waals surface area contributed by atoms with E-state index in [4.69, 9.17) is 19.3 Å². The first-order valence-electron chi connectivity index (χ1n) is 11.6. The molecule has 11 nitrogen and oxygen atoms in total. The van der Waals surface area contributed by atoms with Crippen molar-refractivity contribution >= 4 is 34.3 Å². The summed E-state index contributed by atoms with van der Waals surface area (Å²) in [5.41, 5.74) is 1.10. The van der Waals surface area contributed by atoms with Gasteiger partial charge in [0.05, 0.1) is 37.0 Å². The fraction of sp³-hybridized carbons (Fsp3) is 0.320. The molecule has 0 aliphatic carbocycles. The van der Waals surface area contributed by atoms with Crippen LogP contribution >= 0.6 is 11.3 Å². The number of carbonyl (C=O) groups excluding carboxylic acids is 2. The summed E-state index contributed by atoms with van der Waals surface area (Å²) < 4.78 is 16.9. The van der Waals surface area contributed by atoms with Gasteiger partial charge in [0.25, 0.3) is 11.8 Å². The predicted octanol–water partition coefficient (Wildman–Crippen LogP) is 3.47. The summed E-state index contributed by atoms with van der Waals surface area (Å²) in [6.45, 7) is 5.81. The van der Waals surface area contributed by atoms with Crippen LogP contribution in [0.3, 0.4) is 0 Å². The van der Waals surface area contributed by atoms with Crippen LogP contribution in [-0.4, -0.2) is 70.2 Å². The molecule has 3 heterocycles. The quantitative estimate of drug-likeness (QED) is 0.429. The Bertz CT molecular complexity index is 1270. The molecule has 194 valence electrons. The molecule has 12 heteroatoms. The van der Waals surface area contributed by atoms with Crippen LogP contribution in [0.4, 0.5) is 5.13 Å². The molecule has 1 aromatic carbocycles. The number of aliphatic carboxylic acids is 1. The van der Waals surface area contributed by atoms with Gasteiger partial charge in [-0.15, -0.1) is 11.3 Å². The Morgan fingerprint density at radius 2 is 1.78 bits per heavy atom. The second-order valence-electron chi connectivity index (χ2n) is 8.40. The molecule has 3 aromatic rings. The number of morpholine rings is 1. The lowest BCUT2D eigenvalue weighted by Crippen LogP contribution is -2.40. The van der Waals surface area contributed by atoms with Crippen LogP contribution in [0.5, 0.6) is 17.5 Å². The van der Waals surface area contributed by atoms with Crippen LogP contribution < -0.4 is 14.8 Å². The molecule has 37 heavy (non-hydrogen) atoms. The van der Waals surface area contributed by atoms with E-state index in [0.717, 1.165) is 11.3 Å². The van der Waals surface area contributed by atoms with Gasteiger partial charge in [-0.3, -0.25) is 19.7 Å². The lowest BCUT2D eigenvalue weighted by molar-refractivity contribution is -0.136. The van der Waals surface area contributed by atoms with E-state index in [9.17, 15) is 14.4 Å². The largest absolute Gasteiger partial charge is 0.481 e. The van der Waals surface area contributed by atoms with Gasteiger partial charge in [-0.2, -0.15) is 4.98 Å². The Kier molecular flexibility index (Phi) is 8.31. The van der Waals surface area contributed by atoms with Crippen molar-refractivity contribution < 1.29 is 33.7 Å². The zero-order chi connectivity index (χ0) is 26.4. The van der Waals surface area contributed by atoms with E-state index in [0.29, 0.717) is 43.3 Å². The van der Waals surface area contributed by atoms with Crippen LogP contribution in [0.15, 0.2) is 41.8 Å². The summed E-state index contributed by atoms with van der Waals surface area (Å²) >= 11 is 1.13. The number of amides is 2. The van der Waals surface area contributed by atoms with E-state index >= 15 is 0 Å². The Hall–Kier alpha value is -4.03. The van der Waals surface area contributed by atoms with Crippen molar-refractivity contribution in [3.63, 3.8) is 0 Å². The van der Waals surface area contributed by atoms with E-state index in [1.807, 2.05) is 13.8 Å². The second kappa shape index (κ2) is 11.8. The van der Waals surface area contributed by atoms with Crippen molar-refractivity contribution in [2.45, 2.75) is 26.4 Å². The molecule has 0 radical (unpaired) electrons. The van der Waals surface area contributed by atoms with Crippen LogP contribution in [0.25, 0.3) is 0 Å². The summed E-state index contributed by atoms with van der Waals surface area (Å²) in [5, 5.41) is 13.4. The van der Waals surface area contributed by atoms with E-state index in [1.165, 1.54) is 12.1 Å². The van der Waals surface area contributed by atoms with Gasteiger partial charge in [0.2, 0.25) is 11.8 Å². The zero-order valence-corrected chi connectivity index (χ0v) is 21.1. The summed E-state index contributed by atoms with van der Waals surface area (Å²) in [7, 11) is 0. The fourth-order valence-electron chi connectivity index (χ4n) is 3.47. The highest BCUT2D eigenvalue weighted by Gasteiger charge is 2.19. The first kappa shape index (κ1) is 26.0. The molecule has 0 atom stereocenters. The number of benzene rings is 1. The number of rotatable bonds is 9. The molecule has 2 amide bonds. The van der Waals surface area contributed by atoms with E-state index in [1.54, 1.807) is 34.5 Å². The third-order valence-corrected chi connectivity index (χ3v) is 5.93. The number of carbonyl (C=O) groups is 3. The second-order valence-corrected chi connectivity index (χ2v) is 9.26. The molecule has 0 spiro atoms. The van der Waals surface area contributed by atoms with Gasteiger partial charge in [-0.1, -0.05) is 0 Å². The fourth-order valence-corrected chi connectivity index (χ4v) is 4.18. The Morgan fingerprint density at radius 1 is 1.08 bits per heavy atom. The smallest absolute Gasteiger partial charge is 0.309 e. The SMILES string of the molecule is CC(C)Oc1cc(C(=O)Nc2nc(CC(=O)O)cs2)cc(Oc2ccc(C(=O)N3CCOCC3)cc2)n1. The van der Waals surface area contributed by atoms with Gasteiger partial charge in [0.1, 0.15) is 5.75 Å². The lowest BCUT2D eigenvalue weighted by Gasteiger charge is -2.26. The minimum absolute atomic E-state index is 0.0760. The van der Waals surface area contributed by atoms with Crippen LogP contribution in [0.1, 0.15) is 40.3 Å². The summed E-state index contributed by atoms with van der Waals surface area (Å²) in [5.74, 6) is -0.814. The van der Waals surface area contributed by atoms with Gasteiger partial charge in [-0.05, 0) is 38.1 Å². The molecule has 0 bridgehead atoms. The molecule has 0 saturated carbocycles. The first-order chi connectivity index (χ1) is 17.8. The molecule has 2 N–H and O–H groups in total. The van der Waals surface area contributed by atoms with Crippen molar-refractivity contribution in [3.05, 3.63) is 58.6 Å². The number of nitrogens with one attached hydrogen (secondary N) is 1. The molecule has 1 aliphatic heterocycles. The van der Waals surface area contributed by atoms with E-state index < -0.39 is 11.9 Å². The highest BCUT2D eigenvalue weighted by molar-refractivity contribution is 7.14. The molecule has 0 unspecified atom stereocenters. The van der Waals surface area contributed by atoms with Gasteiger partial charge >= 0.3 is 5.97 Å². The molecule has 1 saturated heterocycles. The van der Waals surface area contributed by atoms with Crippen LogP contribution in [0, 0.1) is 0 Å². The lowest BCUT2D eigenvalue weighted by atomic mass is 10.2. The maximum absolute atomic E-state index is 12.9. The van der Waals surface area contributed by atoms with Crippen molar-refractivity contribution in [2.24, 2.45) is 0 Å². The third-order valence-electron chi connectivity index (χ3n) is 5.12. The number of aromatic nitrogens is 2. The number of hydrogen-bond donors (Lipinski definition) is 2. The molecular formula is C25H26N4O7S. The highest BCUT2D eigenvalue weighted by Crippen LogP contribution is 2.26. The molecule has 2 aromatic heterocycles. The van der Waals surface area contributed by atoms with Gasteiger partial charge < -0.3 is 24.2 Å². The number of carboxylic acid groups (broad SMARTS) is 1. The number of carboxylic acids is 1. The number of nitrogens with zero attached hydrogens (tertiary/aromatic N) is 3. The molecular weight excluding hydrogens is 500 g/mol. The normalized spacial score (nSPS) is 13.3. The molecule has 1 fully saturated rings. The van der Waals surface area contributed by atoms with Crippen molar-refractivity contribution in [1.82, 2.24) is 14.9 Å². The monoisotopic (exact) mass is 526 g/mol. The molecule has 1 aliphatic rings. The predicted molar refractivity (Wildman–Crippen MR) is 135 cm³/mol. The summed E-state index contributed by atoms with van der Waals surface area (Å²) in [6.07, 6.45) is -0.426. The Labute approximate surface area is 217 Å². The number of thiazole rings is 1. The van der Waals surface area contributed by atoms with Crippen LogP contribution in [0.2, 0.25) is 0 Å². The number of ether oxygens (including phenoxy) is 3. The molecule has 4 rings (SSSR count). The average molecular weight is 527 g/mol. The standard InChI is InChI=1S/C25H26N4O7S/c1-15(2)35-20-11-17(23(32)28-25-26-18(14-37-25)13-22(30)31)12-21(27-20)36-19-5-3-16(4-6-19)24(33)29-7-9-34-10-8-29/h3-6,11-12,14-15H,7-10,13H2,1-2H3,(H,30,31)(H,26,28,32). The number of pyridine rings is 1. The number of anilines is 1. The van der Waals surface area contributed by atoms with E-state index in [2.05, 4.69) is 15.3 Å². The minimum Gasteiger partial charge on any atom is -0.481 e. The maximum Gasteiger partial charge on any atom is 0.309 e. The summed E-state index contributed by atoms with van der Waals surface area (Å²) in [6, 6.07) is 9.60. The zero-order valence-electron chi connectivity index (χ0n) is 20.3. The first-order valence-corrected chi connectivity index (χ1v) is 12.5. The van der Waals surface area contributed by atoms with Gasteiger partial charge in [0.15, 0.2) is 5.13 Å². The Balaban J connectivity index is 1.49. The van der Waals surface area contributed by atoms with Crippen molar-refractivity contribution in [2.75, 3.05) is 31.6 Å².